The van der Waals surface area contributed by atoms with E-state index in [0.717, 1.165) is 0 Å². The van der Waals surface area contributed by atoms with E-state index in [2.05, 4.69) is 15.0 Å². The molecule has 0 aromatic carbocycles. The smallest absolute Gasteiger partial charge is 0.341 e. The Morgan fingerprint density at radius 3 is 2.79 bits per heavy atom. The Balaban J connectivity index is 3.27. The molecule has 0 aliphatic rings. The molecule has 14 heavy (non-hydrogen) atoms. The number of anilines is 1. The lowest BCUT2D eigenvalue weighted by Crippen LogP contribution is -2.08. The lowest BCUT2D eigenvalue weighted by molar-refractivity contribution is 0.0601. The van der Waals surface area contributed by atoms with E-state index in [-0.39, 0.29) is 0 Å². The van der Waals surface area contributed by atoms with Crippen LogP contribution in [-0.4, -0.2) is 25.1 Å². The van der Waals surface area contributed by atoms with Gasteiger partial charge in [0.25, 0.3) is 0 Å². The highest BCUT2D eigenvalue weighted by molar-refractivity contribution is 6.31. The Hall–Kier alpha value is -1.29. The number of methoxy groups -OCH3 is 1. The molecule has 1 aromatic heterocycles. The Morgan fingerprint density at radius 1 is 1.64 bits per heavy atom. The third kappa shape index (κ3) is 1.96. The van der Waals surface area contributed by atoms with Gasteiger partial charge in [0.2, 0.25) is 0 Å². The van der Waals surface area contributed by atoms with Crippen LogP contribution in [0, 0.1) is 6.92 Å². The lowest BCUT2D eigenvalue weighted by atomic mass is 10.2. The molecule has 0 unspecified atom stereocenters. The molecule has 1 aromatic rings. The Labute approximate surface area is 87.2 Å². The highest BCUT2D eigenvalue weighted by Crippen LogP contribution is 2.21. The summed E-state index contributed by atoms with van der Waals surface area (Å²) in [4.78, 5) is 15.4. The van der Waals surface area contributed by atoms with Crippen molar-refractivity contribution in [2.45, 2.75) is 6.92 Å². The molecular formula is C9H11ClN2O2. The fraction of sp³-hybridized carbons (Fsp3) is 0.333. The average Bonchev–Trinajstić information content (AvgIpc) is 2.20. The van der Waals surface area contributed by atoms with Crippen molar-refractivity contribution in [3.05, 3.63) is 22.3 Å². The molecular weight excluding hydrogens is 204 g/mol. The molecule has 4 nitrogen and oxygen atoms in total. The van der Waals surface area contributed by atoms with Gasteiger partial charge in [0.1, 0.15) is 11.4 Å². The number of carbonyl (C=O) groups is 1. The van der Waals surface area contributed by atoms with Gasteiger partial charge < -0.3 is 10.1 Å². The van der Waals surface area contributed by atoms with Crippen LogP contribution >= 0.6 is 11.6 Å². The van der Waals surface area contributed by atoms with E-state index in [1.807, 2.05) is 0 Å². The minimum atomic E-state index is -0.455. The molecule has 1 rings (SSSR count). The summed E-state index contributed by atoms with van der Waals surface area (Å²) in [5.41, 5.74) is 1.01. The maximum atomic E-state index is 11.3. The first-order valence-electron chi connectivity index (χ1n) is 4.03. The number of pyridine rings is 1. The fourth-order valence-corrected chi connectivity index (χ4v) is 1.19. The van der Waals surface area contributed by atoms with Crippen LogP contribution in [0.2, 0.25) is 5.02 Å². The van der Waals surface area contributed by atoms with Gasteiger partial charge in [-0.1, -0.05) is 11.6 Å². The molecule has 5 heteroatoms. The van der Waals surface area contributed by atoms with Gasteiger partial charge in [-0.3, -0.25) is 0 Å². The number of rotatable bonds is 2. The van der Waals surface area contributed by atoms with Crippen LogP contribution in [0.15, 0.2) is 6.07 Å². The molecule has 0 spiro atoms. The number of aromatic nitrogens is 1. The summed E-state index contributed by atoms with van der Waals surface area (Å²) in [7, 11) is 3.00. The highest BCUT2D eigenvalue weighted by Gasteiger charge is 2.14. The molecule has 0 aliphatic carbocycles. The second-order valence-corrected chi connectivity index (χ2v) is 3.10. The van der Waals surface area contributed by atoms with Crippen molar-refractivity contribution in [1.82, 2.24) is 4.98 Å². The summed E-state index contributed by atoms with van der Waals surface area (Å²) in [5.74, 6) is 0.0162. The molecule has 0 atom stereocenters. The Morgan fingerprint density at radius 2 is 2.29 bits per heavy atom. The number of esters is 1. The quantitative estimate of drug-likeness (QED) is 0.764. The van der Waals surface area contributed by atoms with E-state index >= 15 is 0 Å². The van der Waals surface area contributed by atoms with Gasteiger partial charge in [0, 0.05) is 7.05 Å². The number of aryl methyl sites for hydroxylation is 1. The zero-order chi connectivity index (χ0) is 10.7. The van der Waals surface area contributed by atoms with Crippen molar-refractivity contribution in [2.75, 3.05) is 19.5 Å². The number of nitrogens with zero attached hydrogens (tertiary/aromatic N) is 1. The fourth-order valence-electron chi connectivity index (χ4n) is 1.04. The zero-order valence-electron chi connectivity index (χ0n) is 8.22. The van der Waals surface area contributed by atoms with E-state index in [1.165, 1.54) is 7.11 Å². The molecule has 0 bridgehead atoms. The van der Waals surface area contributed by atoms with Crippen LogP contribution in [-0.2, 0) is 4.74 Å². The summed E-state index contributed by atoms with van der Waals surface area (Å²) < 4.78 is 4.60. The monoisotopic (exact) mass is 214 g/mol. The summed E-state index contributed by atoms with van der Waals surface area (Å²) in [6, 6.07) is 1.54. The van der Waals surface area contributed by atoms with Gasteiger partial charge in [-0.2, -0.15) is 0 Å². The largest absolute Gasteiger partial charge is 0.465 e. The predicted molar refractivity (Wildman–Crippen MR) is 54.9 cm³/mol. The normalized spacial score (nSPS) is 9.71. The van der Waals surface area contributed by atoms with Gasteiger partial charge in [0.15, 0.2) is 0 Å². The maximum Gasteiger partial charge on any atom is 0.341 e. The van der Waals surface area contributed by atoms with Crippen LogP contribution in [0.5, 0.6) is 0 Å². The molecule has 0 amide bonds. The van der Waals surface area contributed by atoms with Crippen LogP contribution in [0.3, 0.4) is 0 Å². The number of halogens is 1. The number of carbonyl (C=O) groups excluding carboxylic acids is 1. The molecule has 0 radical (unpaired) electrons. The topological polar surface area (TPSA) is 51.2 Å². The second kappa shape index (κ2) is 4.28. The summed E-state index contributed by atoms with van der Waals surface area (Å²) >= 11 is 5.85. The minimum absolute atomic E-state index is 0.339. The second-order valence-electron chi connectivity index (χ2n) is 2.69. The highest BCUT2D eigenvalue weighted by atomic mass is 35.5. The van der Waals surface area contributed by atoms with Crippen LogP contribution in [0.4, 0.5) is 5.82 Å². The van der Waals surface area contributed by atoms with E-state index < -0.39 is 5.97 Å². The number of ether oxygens (including phenoxy) is 1. The summed E-state index contributed by atoms with van der Waals surface area (Å²) in [5, 5.41) is 3.26. The van der Waals surface area contributed by atoms with Crippen molar-refractivity contribution in [3.63, 3.8) is 0 Å². The van der Waals surface area contributed by atoms with Crippen molar-refractivity contribution in [3.8, 4) is 0 Å². The number of hydrogen-bond acceptors (Lipinski definition) is 4. The first-order chi connectivity index (χ1) is 6.60. The van der Waals surface area contributed by atoms with Gasteiger partial charge in [-0.25, -0.2) is 9.78 Å². The van der Waals surface area contributed by atoms with Crippen molar-refractivity contribution >= 4 is 23.4 Å². The molecule has 1 N–H and O–H groups in total. The molecule has 0 saturated heterocycles. The predicted octanol–water partition coefficient (Wildman–Crippen LogP) is 1.87. The third-order valence-electron chi connectivity index (χ3n) is 1.79. The van der Waals surface area contributed by atoms with E-state index in [0.29, 0.717) is 22.1 Å². The first-order valence-corrected chi connectivity index (χ1v) is 4.41. The Kier molecular flexibility index (Phi) is 3.30. The van der Waals surface area contributed by atoms with Crippen molar-refractivity contribution in [1.29, 1.82) is 0 Å². The third-order valence-corrected chi connectivity index (χ3v) is 2.18. The Bertz CT molecular complexity index is 366. The maximum absolute atomic E-state index is 11.3. The molecule has 1 heterocycles. The summed E-state index contributed by atoms with van der Waals surface area (Å²) in [6.07, 6.45) is 0. The van der Waals surface area contributed by atoms with E-state index in [9.17, 15) is 4.79 Å². The minimum Gasteiger partial charge on any atom is -0.465 e. The molecule has 0 fully saturated rings. The molecule has 76 valence electrons. The summed E-state index contributed by atoms with van der Waals surface area (Å²) in [6.45, 7) is 1.77. The van der Waals surface area contributed by atoms with Crippen LogP contribution in [0.1, 0.15) is 16.1 Å². The van der Waals surface area contributed by atoms with Crippen LogP contribution in [0.25, 0.3) is 0 Å². The van der Waals surface area contributed by atoms with E-state index in [4.69, 9.17) is 11.6 Å². The van der Waals surface area contributed by atoms with Crippen molar-refractivity contribution in [2.24, 2.45) is 0 Å². The molecule has 0 saturated carbocycles. The lowest BCUT2D eigenvalue weighted by Gasteiger charge is -2.08. The van der Waals surface area contributed by atoms with Gasteiger partial charge in [-0.15, -0.1) is 0 Å². The zero-order valence-corrected chi connectivity index (χ0v) is 8.97. The SMILES string of the molecule is CNc1nc(C)c(Cl)cc1C(=O)OC. The van der Waals surface area contributed by atoms with Crippen LogP contribution < -0.4 is 5.32 Å². The van der Waals surface area contributed by atoms with Crippen molar-refractivity contribution < 1.29 is 9.53 Å². The standard InChI is InChI=1S/C9H11ClN2O2/c1-5-7(10)4-6(9(13)14-3)8(11-2)12-5/h4H,1-3H3,(H,11,12). The van der Waals surface area contributed by atoms with Gasteiger partial charge in [0.05, 0.1) is 17.8 Å². The van der Waals surface area contributed by atoms with Gasteiger partial charge >= 0.3 is 5.97 Å². The van der Waals surface area contributed by atoms with Gasteiger partial charge in [-0.05, 0) is 13.0 Å². The molecule has 0 aliphatic heterocycles. The van der Waals surface area contributed by atoms with E-state index in [1.54, 1.807) is 20.0 Å². The number of nitrogens with one attached hydrogen (secondary N) is 1. The first kappa shape index (κ1) is 10.8. The number of hydrogen-bond donors (Lipinski definition) is 1. The average molecular weight is 215 g/mol.